The number of hydrogen-bond donors (Lipinski definition) is 2. The molecule has 0 saturated carbocycles. The first-order chi connectivity index (χ1) is 9.96. The number of hydrogen-bond acceptors (Lipinski definition) is 4. The van der Waals surface area contributed by atoms with Crippen molar-refractivity contribution in [3.05, 3.63) is 69.0 Å². The molecule has 0 amide bonds. The molecule has 2 rings (SSSR count). The molecule has 0 aliphatic heterocycles. The second kappa shape index (κ2) is 6.51. The van der Waals surface area contributed by atoms with Crippen molar-refractivity contribution >= 4 is 10.0 Å². The van der Waals surface area contributed by atoms with E-state index >= 15 is 0 Å². The van der Waals surface area contributed by atoms with E-state index in [9.17, 15) is 18.0 Å². The average molecular weight is 309 g/mol. The van der Waals surface area contributed by atoms with Crippen LogP contribution in [0.5, 0.6) is 0 Å². The molecule has 0 saturated heterocycles. The Morgan fingerprint density at radius 3 is 2.48 bits per heavy atom. The summed E-state index contributed by atoms with van der Waals surface area (Å²) in [5.41, 5.74) is -0.364. The number of nitrogens with one attached hydrogen (secondary N) is 2. The standard InChI is InChI=1S/C13H15N3O4S/c17-12-6-8-16(13(18)15-12)9-7-14-21(19,20)10-11-4-2-1-3-5-11/h1-6,8,14H,7,9-10H2,(H,15,17,18). The zero-order chi connectivity index (χ0) is 15.3. The molecule has 0 aliphatic rings. The van der Waals surface area contributed by atoms with E-state index in [4.69, 9.17) is 0 Å². The van der Waals surface area contributed by atoms with Crippen molar-refractivity contribution in [3.8, 4) is 0 Å². The first kappa shape index (κ1) is 15.2. The van der Waals surface area contributed by atoms with Gasteiger partial charge in [-0.3, -0.25) is 14.3 Å². The molecule has 7 nitrogen and oxygen atoms in total. The highest BCUT2D eigenvalue weighted by molar-refractivity contribution is 7.88. The Bertz CT molecular complexity index is 809. The zero-order valence-corrected chi connectivity index (χ0v) is 12.0. The third-order valence-electron chi connectivity index (χ3n) is 2.77. The summed E-state index contributed by atoms with van der Waals surface area (Å²) < 4.78 is 27.4. The smallest absolute Gasteiger partial charge is 0.299 e. The average Bonchev–Trinajstić information content (AvgIpc) is 2.42. The van der Waals surface area contributed by atoms with E-state index in [0.29, 0.717) is 5.56 Å². The van der Waals surface area contributed by atoms with Crippen molar-refractivity contribution < 1.29 is 8.42 Å². The summed E-state index contributed by atoms with van der Waals surface area (Å²) in [6.07, 6.45) is 1.33. The fourth-order valence-electron chi connectivity index (χ4n) is 1.79. The fourth-order valence-corrected chi connectivity index (χ4v) is 2.92. The molecular formula is C13H15N3O4S. The maximum Gasteiger partial charge on any atom is 0.328 e. The molecule has 2 aromatic rings. The van der Waals surface area contributed by atoms with Gasteiger partial charge in [0.15, 0.2) is 0 Å². The van der Waals surface area contributed by atoms with Gasteiger partial charge in [0, 0.05) is 25.4 Å². The second-order valence-electron chi connectivity index (χ2n) is 4.44. The Balaban J connectivity index is 1.93. The van der Waals surface area contributed by atoms with Gasteiger partial charge in [0.1, 0.15) is 0 Å². The molecule has 0 atom stereocenters. The monoisotopic (exact) mass is 309 g/mol. The summed E-state index contributed by atoms with van der Waals surface area (Å²) in [5, 5.41) is 0. The second-order valence-corrected chi connectivity index (χ2v) is 6.25. The van der Waals surface area contributed by atoms with Crippen LogP contribution in [0, 0.1) is 0 Å². The van der Waals surface area contributed by atoms with E-state index in [1.807, 2.05) is 6.07 Å². The molecule has 0 radical (unpaired) electrons. The molecule has 0 bridgehead atoms. The van der Waals surface area contributed by atoms with E-state index in [2.05, 4.69) is 9.71 Å². The van der Waals surface area contributed by atoms with E-state index in [1.54, 1.807) is 24.3 Å². The summed E-state index contributed by atoms with van der Waals surface area (Å²) in [7, 11) is -3.46. The van der Waals surface area contributed by atoms with Gasteiger partial charge < -0.3 is 0 Å². The molecule has 0 fully saturated rings. The lowest BCUT2D eigenvalue weighted by atomic mass is 10.2. The highest BCUT2D eigenvalue weighted by atomic mass is 32.2. The van der Waals surface area contributed by atoms with E-state index < -0.39 is 21.3 Å². The molecule has 2 N–H and O–H groups in total. The summed E-state index contributed by atoms with van der Waals surface area (Å²) in [4.78, 5) is 24.4. The molecule has 112 valence electrons. The Morgan fingerprint density at radius 1 is 1.10 bits per heavy atom. The van der Waals surface area contributed by atoms with Crippen LogP contribution in [0.15, 0.2) is 52.2 Å². The number of aromatic amines is 1. The number of H-pyrrole nitrogens is 1. The van der Waals surface area contributed by atoms with Crippen molar-refractivity contribution in [2.75, 3.05) is 6.54 Å². The van der Waals surface area contributed by atoms with Gasteiger partial charge in [0.25, 0.3) is 5.56 Å². The molecule has 21 heavy (non-hydrogen) atoms. The maximum absolute atomic E-state index is 11.9. The van der Waals surface area contributed by atoms with Gasteiger partial charge in [-0.15, -0.1) is 0 Å². The summed E-state index contributed by atoms with van der Waals surface area (Å²) in [5.74, 6) is -0.117. The molecule has 1 aromatic heterocycles. The minimum absolute atomic E-state index is 0.0706. The molecule has 0 spiro atoms. The summed E-state index contributed by atoms with van der Waals surface area (Å²) in [6.45, 7) is 0.213. The Morgan fingerprint density at radius 2 is 1.81 bits per heavy atom. The van der Waals surface area contributed by atoms with Gasteiger partial charge in [0.05, 0.1) is 5.75 Å². The van der Waals surface area contributed by atoms with Gasteiger partial charge in [-0.2, -0.15) is 0 Å². The lowest BCUT2D eigenvalue weighted by molar-refractivity contribution is 0.567. The van der Waals surface area contributed by atoms with Gasteiger partial charge in [-0.1, -0.05) is 30.3 Å². The minimum Gasteiger partial charge on any atom is -0.299 e. The Hall–Kier alpha value is -2.19. The lowest BCUT2D eigenvalue weighted by Crippen LogP contribution is -2.34. The Labute approximate surface area is 121 Å². The highest BCUT2D eigenvalue weighted by Gasteiger charge is 2.10. The first-order valence-corrected chi connectivity index (χ1v) is 7.92. The number of sulfonamides is 1. The largest absolute Gasteiger partial charge is 0.328 e. The van der Waals surface area contributed by atoms with Crippen molar-refractivity contribution in [1.82, 2.24) is 14.3 Å². The van der Waals surface area contributed by atoms with Crippen LogP contribution in [0.2, 0.25) is 0 Å². The van der Waals surface area contributed by atoms with Gasteiger partial charge in [0.2, 0.25) is 10.0 Å². The number of aromatic nitrogens is 2. The Kier molecular flexibility index (Phi) is 4.71. The van der Waals surface area contributed by atoms with Gasteiger partial charge in [-0.25, -0.2) is 17.9 Å². The molecule has 0 unspecified atom stereocenters. The molecular weight excluding hydrogens is 294 g/mol. The zero-order valence-electron chi connectivity index (χ0n) is 11.2. The van der Waals surface area contributed by atoms with Crippen LogP contribution in [0.4, 0.5) is 0 Å². The number of nitrogens with zero attached hydrogens (tertiary/aromatic N) is 1. The lowest BCUT2D eigenvalue weighted by Gasteiger charge is -2.08. The predicted octanol–water partition coefficient (Wildman–Crippen LogP) is -0.344. The quantitative estimate of drug-likeness (QED) is 0.762. The fraction of sp³-hybridized carbons (Fsp3) is 0.231. The predicted molar refractivity (Wildman–Crippen MR) is 78.4 cm³/mol. The molecule has 0 aliphatic carbocycles. The van der Waals surface area contributed by atoms with Gasteiger partial charge >= 0.3 is 5.69 Å². The van der Waals surface area contributed by atoms with Crippen LogP contribution >= 0.6 is 0 Å². The van der Waals surface area contributed by atoms with Crippen LogP contribution in [-0.4, -0.2) is 24.5 Å². The van der Waals surface area contributed by atoms with Crippen LogP contribution in [-0.2, 0) is 22.3 Å². The van der Waals surface area contributed by atoms with Crippen molar-refractivity contribution in [2.45, 2.75) is 12.3 Å². The number of rotatable bonds is 6. The third-order valence-corrected chi connectivity index (χ3v) is 4.13. The minimum atomic E-state index is -3.46. The van der Waals surface area contributed by atoms with E-state index in [-0.39, 0.29) is 18.8 Å². The topological polar surface area (TPSA) is 101 Å². The normalized spacial score (nSPS) is 11.4. The van der Waals surface area contributed by atoms with Gasteiger partial charge in [-0.05, 0) is 5.56 Å². The SMILES string of the molecule is O=c1ccn(CCNS(=O)(=O)Cc2ccccc2)c(=O)[nH]1. The van der Waals surface area contributed by atoms with E-state index in [0.717, 1.165) is 0 Å². The van der Waals surface area contributed by atoms with Crippen LogP contribution in [0.25, 0.3) is 0 Å². The maximum atomic E-state index is 11.9. The van der Waals surface area contributed by atoms with Crippen LogP contribution in [0.3, 0.4) is 0 Å². The summed E-state index contributed by atoms with van der Waals surface area (Å²) >= 11 is 0. The first-order valence-electron chi connectivity index (χ1n) is 6.27. The molecule has 8 heteroatoms. The molecule has 1 aromatic carbocycles. The number of benzene rings is 1. The van der Waals surface area contributed by atoms with Crippen LogP contribution in [0.1, 0.15) is 5.56 Å². The van der Waals surface area contributed by atoms with E-state index in [1.165, 1.54) is 16.8 Å². The third kappa shape index (κ3) is 4.69. The summed E-state index contributed by atoms with van der Waals surface area (Å²) in [6, 6.07) is 10.0. The highest BCUT2D eigenvalue weighted by Crippen LogP contribution is 2.03. The molecule has 1 heterocycles. The van der Waals surface area contributed by atoms with Crippen molar-refractivity contribution in [2.24, 2.45) is 0 Å². The van der Waals surface area contributed by atoms with Crippen molar-refractivity contribution in [3.63, 3.8) is 0 Å². The van der Waals surface area contributed by atoms with Crippen molar-refractivity contribution in [1.29, 1.82) is 0 Å². The van der Waals surface area contributed by atoms with Crippen LogP contribution < -0.4 is 16.0 Å².